The van der Waals surface area contributed by atoms with Gasteiger partial charge in [0.15, 0.2) is 11.6 Å². The van der Waals surface area contributed by atoms with Crippen LogP contribution in [0.3, 0.4) is 0 Å². The van der Waals surface area contributed by atoms with Gasteiger partial charge < -0.3 is 5.73 Å². The zero-order valence-corrected chi connectivity index (χ0v) is 11.9. The van der Waals surface area contributed by atoms with Crippen LogP contribution >= 0.6 is 0 Å². The minimum Gasteiger partial charge on any atom is -0.326 e. The summed E-state index contributed by atoms with van der Waals surface area (Å²) in [5.74, 6) is -2.70. The van der Waals surface area contributed by atoms with E-state index in [4.69, 9.17) is 5.73 Å². The van der Waals surface area contributed by atoms with Crippen LogP contribution in [0.2, 0.25) is 0 Å². The molecule has 0 spiro atoms. The van der Waals surface area contributed by atoms with Crippen molar-refractivity contribution in [3.05, 3.63) is 53.4 Å². The molecule has 5 nitrogen and oxygen atoms in total. The fourth-order valence-electron chi connectivity index (χ4n) is 1.75. The lowest BCUT2D eigenvalue weighted by molar-refractivity contribution is 0.483. The zero-order valence-electron chi connectivity index (χ0n) is 11.1. The van der Waals surface area contributed by atoms with Crippen LogP contribution in [0, 0.1) is 18.6 Å². The Morgan fingerprint density at radius 3 is 2.62 bits per heavy atom. The summed E-state index contributed by atoms with van der Waals surface area (Å²) in [4.78, 5) is 3.14. The number of anilines is 1. The Morgan fingerprint density at radius 1 is 1.29 bits per heavy atom. The Kier molecular flexibility index (Phi) is 4.19. The van der Waals surface area contributed by atoms with Crippen LogP contribution in [0.5, 0.6) is 0 Å². The second kappa shape index (κ2) is 5.74. The Labute approximate surface area is 120 Å². The van der Waals surface area contributed by atoms with Gasteiger partial charge in [0.05, 0.1) is 5.69 Å². The molecule has 0 aliphatic carbocycles. The maximum absolute atomic E-state index is 13.7. The van der Waals surface area contributed by atoms with Gasteiger partial charge in [-0.2, -0.15) is 0 Å². The summed E-state index contributed by atoms with van der Waals surface area (Å²) in [5.41, 5.74) is 6.31. The summed E-state index contributed by atoms with van der Waals surface area (Å²) in [5, 5.41) is 0. The molecule has 0 fully saturated rings. The first-order chi connectivity index (χ1) is 9.83. The molecule has 0 saturated carbocycles. The zero-order chi connectivity index (χ0) is 15.6. The van der Waals surface area contributed by atoms with E-state index in [0.717, 1.165) is 12.1 Å². The third kappa shape index (κ3) is 3.34. The average Bonchev–Trinajstić information content (AvgIpc) is 2.41. The highest BCUT2D eigenvalue weighted by atomic mass is 32.2. The molecule has 0 unspecified atom stereocenters. The summed E-state index contributed by atoms with van der Waals surface area (Å²) in [6.45, 7) is 1.57. The molecule has 1 heterocycles. The molecule has 0 atom stereocenters. The van der Waals surface area contributed by atoms with Gasteiger partial charge in [0.25, 0.3) is 10.0 Å². The Bertz CT molecular complexity index is 779. The normalized spacial score (nSPS) is 11.4. The largest absolute Gasteiger partial charge is 0.326 e. The fourth-order valence-corrected chi connectivity index (χ4v) is 2.94. The van der Waals surface area contributed by atoms with E-state index in [1.54, 1.807) is 6.92 Å². The van der Waals surface area contributed by atoms with Crippen LogP contribution in [0.1, 0.15) is 11.3 Å². The molecule has 0 saturated heterocycles. The Balaban J connectivity index is 2.47. The van der Waals surface area contributed by atoms with Gasteiger partial charge in [-0.25, -0.2) is 17.2 Å². The topological polar surface area (TPSA) is 85.1 Å². The number of benzene rings is 1. The van der Waals surface area contributed by atoms with E-state index in [0.29, 0.717) is 5.69 Å². The second-order valence-electron chi connectivity index (χ2n) is 4.39. The summed E-state index contributed by atoms with van der Waals surface area (Å²) < 4.78 is 53.7. The number of pyridine rings is 1. The summed E-state index contributed by atoms with van der Waals surface area (Å²) in [6, 6.07) is 4.75. The maximum Gasteiger partial charge on any atom is 0.264 e. The van der Waals surface area contributed by atoms with E-state index < -0.39 is 26.6 Å². The van der Waals surface area contributed by atoms with Crippen molar-refractivity contribution >= 4 is 15.7 Å². The highest BCUT2D eigenvalue weighted by Crippen LogP contribution is 2.22. The average molecular weight is 313 g/mol. The standard InChI is InChI=1S/C13H13F2N3O2S/c1-8-4-10(2-3-17-8)18-21(19,20)12-6-9(7-16)5-11(14)13(12)15/h2-6H,7,16H2,1H3,(H,17,18). The predicted molar refractivity (Wildman–Crippen MR) is 74.0 cm³/mol. The van der Waals surface area contributed by atoms with Crippen LogP contribution in [0.4, 0.5) is 14.5 Å². The van der Waals surface area contributed by atoms with Gasteiger partial charge in [-0.1, -0.05) is 0 Å². The van der Waals surface area contributed by atoms with Crippen LogP contribution in [-0.2, 0) is 16.6 Å². The number of hydrogen-bond donors (Lipinski definition) is 2. The van der Waals surface area contributed by atoms with E-state index in [1.807, 2.05) is 0 Å². The lowest BCUT2D eigenvalue weighted by Crippen LogP contribution is -2.16. The van der Waals surface area contributed by atoms with Gasteiger partial charge in [0.2, 0.25) is 0 Å². The molecular formula is C13H13F2N3O2S. The molecule has 21 heavy (non-hydrogen) atoms. The number of aromatic nitrogens is 1. The highest BCUT2D eigenvalue weighted by molar-refractivity contribution is 7.92. The number of sulfonamides is 1. The van der Waals surface area contributed by atoms with Gasteiger partial charge in [0.1, 0.15) is 4.90 Å². The van der Waals surface area contributed by atoms with Crippen molar-refractivity contribution in [3.63, 3.8) is 0 Å². The lowest BCUT2D eigenvalue weighted by Gasteiger charge is -2.11. The van der Waals surface area contributed by atoms with Crippen molar-refractivity contribution in [2.45, 2.75) is 18.4 Å². The molecule has 112 valence electrons. The number of halogens is 2. The van der Waals surface area contributed by atoms with Gasteiger partial charge >= 0.3 is 0 Å². The fraction of sp³-hybridized carbons (Fsp3) is 0.154. The molecule has 2 rings (SSSR count). The summed E-state index contributed by atoms with van der Waals surface area (Å²) in [6.07, 6.45) is 1.40. The minimum atomic E-state index is -4.26. The van der Waals surface area contributed by atoms with Crippen LogP contribution in [-0.4, -0.2) is 13.4 Å². The Hall–Kier alpha value is -2.06. The number of nitrogens with one attached hydrogen (secondary N) is 1. The first-order valence-corrected chi connectivity index (χ1v) is 7.45. The quantitative estimate of drug-likeness (QED) is 0.903. The molecule has 0 bridgehead atoms. The molecule has 1 aromatic heterocycles. The Morgan fingerprint density at radius 2 is 2.00 bits per heavy atom. The van der Waals surface area contributed by atoms with E-state index in [-0.39, 0.29) is 17.8 Å². The van der Waals surface area contributed by atoms with Gasteiger partial charge in [0, 0.05) is 18.4 Å². The number of aryl methyl sites for hydroxylation is 1. The van der Waals surface area contributed by atoms with Crippen molar-refractivity contribution < 1.29 is 17.2 Å². The molecule has 0 aliphatic rings. The van der Waals surface area contributed by atoms with Crippen molar-refractivity contribution in [1.29, 1.82) is 0 Å². The van der Waals surface area contributed by atoms with E-state index in [1.165, 1.54) is 18.3 Å². The maximum atomic E-state index is 13.7. The molecule has 0 radical (unpaired) electrons. The number of hydrogen-bond acceptors (Lipinski definition) is 4. The van der Waals surface area contributed by atoms with E-state index in [2.05, 4.69) is 9.71 Å². The highest BCUT2D eigenvalue weighted by Gasteiger charge is 2.23. The first kappa shape index (κ1) is 15.3. The molecule has 0 amide bonds. The van der Waals surface area contributed by atoms with Crippen LogP contribution < -0.4 is 10.5 Å². The lowest BCUT2D eigenvalue weighted by atomic mass is 10.2. The minimum absolute atomic E-state index is 0.103. The van der Waals surface area contributed by atoms with Crippen molar-refractivity contribution in [1.82, 2.24) is 4.98 Å². The molecule has 2 aromatic rings. The predicted octanol–water partition coefficient (Wildman–Crippen LogP) is 1.93. The van der Waals surface area contributed by atoms with E-state index in [9.17, 15) is 17.2 Å². The monoisotopic (exact) mass is 313 g/mol. The smallest absolute Gasteiger partial charge is 0.264 e. The summed E-state index contributed by atoms with van der Waals surface area (Å²) >= 11 is 0. The second-order valence-corrected chi connectivity index (χ2v) is 6.04. The summed E-state index contributed by atoms with van der Waals surface area (Å²) in [7, 11) is -4.26. The van der Waals surface area contributed by atoms with Gasteiger partial charge in [-0.05, 0) is 36.8 Å². The SMILES string of the molecule is Cc1cc(NS(=O)(=O)c2cc(CN)cc(F)c2F)ccn1. The number of rotatable bonds is 4. The molecular weight excluding hydrogens is 300 g/mol. The first-order valence-electron chi connectivity index (χ1n) is 5.97. The number of nitrogens with zero attached hydrogens (tertiary/aromatic N) is 1. The van der Waals surface area contributed by atoms with Crippen LogP contribution in [0.15, 0.2) is 35.4 Å². The van der Waals surface area contributed by atoms with Crippen LogP contribution in [0.25, 0.3) is 0 Å². The number of nitrogens with two attached hydrogens (primary N) is 1. The van der Waals surface area contributed by atoms with Crippen molar-refractivity contribution in [2.24, 2.45) is 5.73 Å². The van der Waals surface area contributed by atoms with E-state index >= 15 is 0 Å². The molecule has 8 heteroatoms. The third-order valence-electron chi connectivity index (χ3n) is 2.73. The molecule has 1 aromatic carbocycles. The van der Waals surface area contributed by atoms with Crippen molar-refractivity contribution in [3.8, 4) is 0 Å². The van der Waals surface area contributed by atoms with Gasteiger partial charge in [-0.3, -0.25) is 9.71 Å². The molecule has 3 N–H and O–H groups in total. The third-order valence-corrected chi connectivity index (χ3v) is 4.11. The molecule has 0 aliphatic heterocycles. The van der Waals surface area contributed by atoms with Crippen molar-refractivity contribution in [2.75, 3.05) is 4.72 Å². The van der Waals surface area contributed by atoms with Gasteiger partial charge in [-0.15, -0.1) is 0 Å².